The third-order valence-corrected chi connectivity index (χ3v) is 0. The first-order valence-electron chi connectivity index (χ1n) is 1.40. The monoisotopic (exact) mass is 262 g/mol. The smallest absolute Gasteiger partial charge is 1.00 e. The van der Waals surface area contributed by atoms with Gasteiger partial charge in [0, 0.05) is 0 Å². The zero-order chi connectivity index (χ0) is 9.00. The Balaban J connectivity index is -0.0000000128. The van der Waals surface area contributed by atoms with Crippen molar-refractivity contribution < 1.29 is 102 Å². The van der Waals surface area contributed by atoms with Gasteiger partial charge in [-0.25, -0.2) is 0 Å². The van der Waals surface area contributed by atoms with Crippen molar-refractivity contribution in [3.63, 3.8) is 0 Å². The van der Waals surface area contributed by atoms with Crippen LogP contribution in [-0.2, 0) is 20.8 Å². The summed E-state index contributed by atoms with van der Waals surface area (Å²) in [6, 6.07) is 0. The zero-order valence-corrected chi connectivity index (χ0v) is 12.4. The minimum absolute atomic E-state index is 0. The largest absolute Gasteiger partial charge is 1.00 e. The van der Waals surface area contributed by atoms with E-state index in [-0.39, 0.29) is 67.4 Å². The minimum atomic E-state index is -4.67. The van der Waals surface area contributed by atoms with Crippen LogP contribution in [0.25, 0.3) is 0 Å². The second-order valence-corrected chi connectivity index (χ2v) is 2.69. The Kier molecular flexibility index (Phi) is 26.6. The Labute approximate surface area is 122 Å². The molecule has 0 radical (unpaired) electrons. The molecule has 0 spiro atoms. The molecule has 0 aromatic heterocycles. The van der Waals surface area contributed by atoms with Crippen LogP contribution in [0.3, 0.4) is 0 Å². The summed E-state index contributed by atoms with van der Waals surface area (Å²) < 4.78 is 63.2. The summed E-state index contributed by atoms with van der Waals surface area (Å²) in [6.45, 7) is 0. The predicted octanol–water partition coefficient (Wildman–Crippen LogP) is -7.90. The summed E-state index contributed by atoms with van der Waals surface area (Å²) >= 11 is 0. The van der Waals surface area contributed by atoms with Gasteiger partial charge in [-0.2, -0.15) is 16.8 Å². The van der Waals surface area contributed by atoms with Crippen LogP contribution < -0.4 is 59.1 Å². The average Bonchev–Trinajstić information content (AvgIpc) is 1.12. The molecule has 0 amide bonds. The van der Waals surface area contributed by atoms with Crippen molar-refractivity contribution in [2.24, 2.45) is 0 Å². The minimum Gasteiger partial charge on any atom is -1.00 e. The summed E-state index contributed by atoms with van der Waals surface area (Å²) in [6.07, 6.45) is 0. The quantitative estimate of drug-likeness (QED) is 0.245. The zero-order valence-electron chi connectivity index (χ0n) is 8.74. The molecule has 0 saturated carbocycles. The molecule has 76 valence electrons. The Morgan fingerprint density at radius 2 is 0.692 bits per heavy atom. The molecule has 0 bridgehead atoms. The van der Waals surface area contributed by atoms with E-state index >= 15 is 0 Å². The van der Waals surface area contributed by atoms with Crippen molar-refractivity contribution in [1.82, 2.24) is 0 Å². The molecule has 0 aromatic carbocycles. The molecule has 0 aliphatic carbocycles. The summed E-state index contributed by atoms with van der Waals surface area (Å²) in [5.41, 5.74) is 0. The molecule has 0 fully saturated rings. The van der Waals surface area contributed by atoms with Crippen LogP contribution >= 0.6 is 0 Å². The van der Waals surface area contributed by atoms with E-state index in [1.165, 1.54) is 0 Å². The molecule has 13 heavy (non-hydrogen) atoms. The molecule has 13 heteroatoms. The molecular weight excluding hydrogens is 254 g/mol. The van der Waals surface area contributed by atoms with Gasteiger partial charge >= 0.3 is 79.9 Å². The SMILES string of the molecule is O.O=S(=O)(O)O.O=S(=O)(O)O.[H-].[H-].[Na+].[Na+]. The van der Waals surface area contributed by atoms with Crippen molar-refractivity contribution in [1.29, 1.82) is 0 Å². The van der Waals surface area contributed by atoms with Crippen molar-refractivity contribution in [2.75, 3.05) is 0 Å². The van der Waals surface area contributed by atoms with E-state index in [9.17, 15) is 0 Å². The van der Waals surface area contributed by atoms with Crippen LogP contribution in [0.4, 0.5) is 0 Å². The predicted molar refractivity (Wildman–Crippen MR) is 34.2 cm³/mol. The molecule has 6 N–H and O–H groups in total. The molecule has 0 unspecified atom stereocenters. The summed E-state index contributed by atoms with van der Waals surface area (Å²) in [5.74, 6) is 0. The van der Waals surface area contributed by atoms with Crippen LogP contribution in [0.15, 0.2) is 0 Å². The maximum atomic E-state index is 8.74. The first-order valence-corrected chi connectivity index (χ1v) is 4.19. The van der Waals surface area contributed by atoms with Crippen LogP contribution in [0.2, 0.25) is 0 Å². The fourth-order valence-corrected chi connectivity index (χ4v) is 0. The molecule has 0 aromatic rings. The van der Waals surface area contributed by atoms with Crippen molar-refractivity contribution in [2.45, 2.75) is 0 Å². The van der Waals surface area contributed by atoms with Gasteiger partial charge in [0.2, 0.25) is 0 Å². The van der Waals surface area contributed by atoms with Gasteiger partial charge in [0.1, 0.15) is 0 Å². The molecule has 0 atom stereocenters. The van der Waals surface area contributed by atoms with Gasteiger partial charge in [-0.1, -0.05) is 0 Å². The summed E-state index contributed by atoms with van der Waals surface area (Å²) in [5, 5.41) is 0. The maximum Gasteiger partial charge on any atom is 1.00 e. The number of hydrogen-bond donors (Lipinski definition) is 4. The Hall–Kier alpha value is 1.70. The van der Waals surface area contributed by atoms with Gasteiger partial charge < -0.3 is 8.33 Å². The van der Waals surface area contributed by atoms with Gasteiger partial charge in [0.05, 0.1) is 0 Å². The van der Waals surface area contributed by atoms with Crippen LogP contribution in [0, 0.1) is 0 Å². The average molecular weight is 262 g/mol. The number of rotatable bonds is 0. The van der Waals surface area contributed by atoms with Gasteiger partial charge in [0.25, 0.3) is 0 Å². The van der Waals surface area contributed by atoms with Gasteiger partial charge in [-0.05, 0) is 0 Å². The molecule has 0 aliphatic rings. The van der Waals surface area contributed by atoms with Crippen LogP contribution in [-0.4, -0.2) is 40.5 Å². The van der Waals surface area contributed by atoms with Crippen LogP contribution in [0.5, 0.6) is 0 Å². The molecule has 0 rings (SSSR count). The second-order valence-electron chi connectivity index (χ2n) is 0.896. The van der Waals surface area contributed by atoms with Gasteiger partial charge in [-0.15, -0.1) is 0 Å². The maximum absolute atomic E-state index is 8.74. The molecule has 0 heterocycles. The first kappa shape index (κ1) is 29.3. The Morgan fingerprint density at radius 3 is 0.692 bits per heavy atom. The third-order valence-electron chi connectivity index (χ3n) is 0. The topological polar surface area (TPSA) is 181 Å². The Morgan fingerprint density at radius 1 is 0.692 bits per heavy atom. The fourth-order valence-electron chi connectivity index (χ4n) is 0. The molecule has 9 nitrogen and oxygen atoms in total. The fraction of sp³-hybridized carbons (Fsp3) is 0. The first-order chi connectivity index (χ1) is 4.00. The molecular formula is H8Na2O9S2. The summed E-state index contributed by atoms with van der Waals surface area (Å²) in [7, 11) is -9.33. The Bertz CT molecular complexity index is 220. The van der Waals surface area contributed by atoms with Gasteiger partial charge in [0.15, 0.2) is 0 Å². The van der Waals surface area contributed by atoms with E-state index in [1.54, 1.807) is 0 Å². The van der Waals surface area contributed by atoms with E-state index in [2.05, 4.69) is 0 Å². The van der Waals surface area contributed by atoms with E-state index in [1.807, 2.05) is 0 Å². The van der Waals surface area contributed by atoms with Crippen molar-refractivity contribution in [3.05, 3.63) is 0 Å². The molecule has 0 aliphatic heterocycles. The third kappa shape index (κ3) is 649. The van der Waals surface area contributed by atoms with E-state index < -0.39 is 20.8 Å². The standard InChI is InChI=1S/2Na.2H2O4S.H2O.2H/c;;2*1-5(2,3)4;;;/h;;2*(H2,1,2,3,4);1H2;;/q2*+1;;;;2*-1. The van der Waals surface area contributed by atoms with E-state index in [0.29, 0.717) is 0 Å². The second kappa shape index (κ2) is 11.8. The number of hydrogen-bond acceptors (Lipinski definition) is 4. The summed E-state index contributed by atoms with van der Waals surface area (Å²) in [4.78, 5) is 0. The van der Waals surface area contributed by atoms with E-state index in [4.69, 9.17) is 35.0 Å². The molecule has 0 saturated heterocycles. The van der Waals surface area contributed by atoms with Crippen molar-refractivity contribution >= 4 is 20.8 Å². The van der Waals surface area contributed by atoms with Crippen LogP contribution in [0.1, 0.15) is 2.85 Å². The van der Waals surface area contributed by atoms with E-state index in [0.717, 1.165) is 0 Å². The van der Waals surface area contributed by atoms with Gasteiger partial charge in [-0.3, -0.25) is 18.2 Å². The van der Waals surface area contributed by atoms with Crippen molar-refractivity contribution in [3.8, 4) is 0 Å². The normalized spacial score (nSPS) is 8.92.